The number of carbonyl (C=O) groups is 3. The van der Waals surface area contributed by atoms with Crippen molar-refractivity contribution in [1.82, 2.24) is 16.2 Å². The van der Waals surface area contributed by atoms with Crippen molar-refractivity contribution in [2.24, 2.45) is 0 Å². The molecule has 0 aliphatic carbocycles. The van der Waals surface area contributed by atoms with E-state index in [-0.39, 0.29) is 18.2 Å². The third-order valence-corrected chi connectivity index (χ3v) is 4.86. The molecule has 0 fully saturated rings. The van der Waals surface area contributed by atoms with Crippen LogP contribution >= 0.6 is 11.3 Å². The summed E-state index contributed by atoms with van der Waals surface area (Å²) in [6.07, 6.45) is -0.0205. The number of amides is 3. The van der Waals surface area contributed by atoms with Gasteiger partial charge in [-0.2, -0.15) is 0 Å². The maximum absolute atomic E-state index is 12.5. The second kappa shape index (κ2) is 9.48. The van der Waals surface area contributed by atoms with Crippen LogP contribution in [0, 0.1) is 0 Å². The molecule has 3 N–H and O–H groups in total. The maximum Gasteiger partial charge on any atom is 0.279 e. The zero-order chi connectivity index (χ0) is 19.8. The Morgan fingerprint density at radius 2 is 1.46 bits per heavy atom. The molecule has 3 aromatic rings. The van der Waals surface area contributed by atoms with Crippen molar-refractivity contribution in [2.45, 2.75) is 12.5 Å². The summed E-state index contributed by atoms with van der Waals surface area (Å²) in [5, 5.41) is 4.66. The van der Waals surface area contributed by atoms with E-state index < -0.39 is 11.9 Å². The normalized spacial score (nSPS) is 11.3. The van der Waals surface area contributed by atoms with Gasteiger partial charge in [-0.25, -0.2) is 0 Å². The van der Waals surface area contributed by atoms with Crippen LogP contribution < -0.4 is 16.2 Å². The van der Waals surface area contributed by atoms with Crippen molar-refractivity contribution in [1.29, 1.82) is 0 Å². The maximum atomic E-state index is 12.5. The minimum atomic E-state index is -0.535. The molecular weight excluding hydrogens is 374 g/mol. The van der Waals surface area contributed by atoms with Gasteiger partial charge in [-0.05, 0) is 29.1 Å². The summed E-state index contributed by atoms with van der Waals surface area (Å²) >= 11 is 1.28. The van der Waals surface area contributed by atoms with Gasteiger partial charge in [0.05, 0.1) is 17.3 Å². The molecule has 0 aliphatic rings. The first-order valence-corrected chi connectivity index (χ1v) is 9.55. The number of thiophene rings is 1. The number of hydrogen-bond acceptors (Lipinski definition) is 4. The summed E-state index contributed by atoms with van der Waals surface area (Å²) in [7, 11) is 0. The van der Waals surface area contributed by atoms with Crippen LogP contribution in [0.4, 0.5) is 0 Å². The first kappa shape index (κ1) is 19.3. The molecule has 0 spiro atoms. The van der Waals surface area contributed by atoms with Crippen molar-refractivity contribution in [3.05, 3.63) is 94.2 Å². The number of hydrazine groups is 1. The number of nitrogens with one attached hydrogen (secondary N) is 3. The SMILES string of the molecule is O=C(C[C@@H](NC(=O)c1ccccc1)c1ccccc1)NNC(=O)c1cccs1. The summed E-state index contributed by atoms with van der Waals surface area (Å²) in [6.45, 7) is 0. The van der Waals surface area contributed by atoms with Gasteiger partial charge < -0.3 is 5.32 Å². The van der Waals surface area contributed by atoms with E-state index in [9.17, 15) is 14.4 Å². The Kier molecular flexibility index (Phi) is 6.54. The van der Waals surface area contributed by atoms with Crippen LogP contribution in [-0.4, -0.2) is 17.7 Å². The zero-order valence-corrected chi connectivity index (χ0v) is 15.7. The van der Waals surface area contributed by atoms with E-state index in [0.29, 0.717) is 10.4 Å². The standard InChI is InChI=1S/C21H19N3O3S/c25-19(23-24-21(27)18-12-7-13-28-18)14-17(15-8-3-1-4-9-15)22-20(26)16-10-5-2-6-11-16/h1-13,17H,14H2,(H,22,26)(H,23,25)(H,24,27)/t17-/m1/s1. The number of rotatable bonds is 6. The van der Waals surface area contributed by atoms with E-state index in [1.54, 1.807) is 41.8 Å². The van der Waals surface area contributed by atoms with Crippen molar-refractivity contribution < 1.29 is 14.4 Å². The average molecular weight is 393 g/mol. The number of carbonyl (C=O) groups excluding carboxylic acids is 3. The second-order valence-corrected chi connectivity index (χ2v) is 6.93. The average Bonchev–Trinajstić information content (AvgIpc) is 3.28. The fourth-order valence-electron chi connectivity index (χ4n) is 2.60. The molecule has 3 rings (SSSR count). The minimum absolute atomic E-state index is 0.0205. The van der Waals surface area contributed by atoms with Crippen LogP contribution in [0.1, 0.15) is 38.1 Å². The van der Waals surface area contributed by atoms with Gasteiger partial charge in [0.25, 0.3) is 11.8 Å². The molecule has 6 nitrogen and oxygen atoms in total. The van der Waals surface area contributed by atoms with Crippen molar-refractivity contribution >= 4 is 29.1 Å². The van der Waals surface area contributed by atoms with Crippen LogP contribution in [0.2, 0.25) is 0 Å². The minimum Gasteiger partial charge on any atom is -0.345 e. The number of hydrogen-bond donors (Lipinski definition) is 3. The Bertz CT molecular complexity index is 928. The molecule has 0 bridgehead atoms. The lowest BCUT2D eigenvalue weighted by atomic mass is 10.0. The highest BCUT2D eigenvalue weighted by Crippen LogP contribution is 2.17. The highest BCUT2D eigenvalue weighted by molar-refractivity contribution is 7.12. The Morgan fingerprint density at radius 1 is 0.786 bits per heavy atom. The predicted molar refractivity (Wildman–Crippen MR) is 108 cm³/mol. The van der Waals surface area contributed by atoms with Gasteiger partial charge in [0.1, 0.15) is 0 Å². The molecule has 0 radical (unpaired) electrons. The Hall–Kier alpha value is -3.45. The molecule has 0 saturated carbocycles. The predicted octanol–water partition coefficient (Wildman–Crippen LogP) is 3.07. The van der Waals surface area contributed by atoms with Crippen molar-refractivity contribution in [2.75, 3.05) is 0 Å². The Morgan fingerprint density at radius 3 is 2.11 bits per heavy atom. The molecule has 1 heterocycles. The van der Waals surface area contributed by atoms with E-state index in [4.69, 9.17) is 0 Å². The van der Waals surface area contributed by atoms with Gasteiger partial charge in [0, 0.05) is 5.56 Å². The lowest BCUT2D eigenvalue weighted by Crippen LogP contribution is -2.43. The van der Waals surface area contributed by atoms with E-state index >= 15 is 0 Å². The van der Waals surface area contributed by atoms with Gasteiger partial charge in [0.2, 0.25) is 5.91 Å². The summed E-state index contributed by atoms with van der Waals surface area (Å²) in [6, 6.07) is 20.9. The van der Waals surface area contributed by atoms with Gasteiger partial charge in [0.15, 0.2) is 0 Å². The molecule has 2 aromatic carbocycles. The number of benzene rings is 2. The zero-order valence-electron chi connectivity index (χ0n) is 14.9. The highest BCUT2D eigenvalue weighted by atomic mass is 32.1. The molecule has 7 heteroatoms. The molecule has 3 amide bonds. The van der Waals surface area contributed by atoms with E-state index in [1.165, 1.54) is 11.3 Å². The first-order chi connectivity index (χ1) is 13.6. The van der Waals surface area contributed by atoms with Gasteiger partial charge >= 0.3 is 0 Å². The third-order valence-electron chi connectivity index (χ3n) is 3.99. The molecule has 28 heavy (non-hydrogen) atoms. The molecule has 0 saturated heterocycles. The van der Waals surface area contributed by atoms with E-state index in [2.05, 4.69) is 16.2 Å². The summed E-state index contributed by atoms with van der Waals surface area (Å²) in [4.78, 5) is 37.3. The molecule has 1 atom stereocenters. The van der Waals surface area contributed by atoms with Crippen molar-refractivity contribution in [3.8, 4) is 0 Å². The van der Waals surface area contributed by atoms with Crippen LogP contribution in [0.3, 0.4) is 0 Å². The second-order valence-electron chi connectivity index (χ2n) is 5.99. The van der Waals surface area contributed by atoms with Gasteiger partial charge in [-0.15, -0.1) is 11.3 Å². The molecule has 0 aliphatic heterocycles. The van der Waals surface area contributed by atoms with Gasteiger partial charge in [-0.3, -0.25) is 25.2 Å². The Labute approximate surface area is 166 Å². The van der Waals surface area contributed by atoms with Gasteiger partial charge in [-0.1, -0.05) is 54.6 Å². The molecule has 142 valence electrons. The summed E-state index contributed by atoms with van der Waals surface area (Å²) in [5.74, 6) is -1.06. The highest BCUT2D eigenvalue weighted by Gasteiger charge is 2.19. The molecule has 0 unspecified atom stereocenters. The quantitative estimate of drug-likeness (QED) is 0.563. The lowest BCUT2D eigenvalue weighted by molar-refractivity contribution is -0.122. The topological polar surface area (TPSA) is 87.3 Å². The lowest BCUT2D eigenvalue weighted by Gasteiger charge is -2.19. The van der Waals surface area contributed by atoms with Crippen LogP contribution in [-0.2, 0) is 4.79 Å². The van der Waals surface area contributed by atoms with Crippen LogP contribution in [0.15, 0.2) is 78.2 Å². The summed E-state index contributed by atoms with van der Waals surface area (Å²) in [5.41, 5.74) is 6.09. The summed E-state index contributed by atoms with van der Waals surface area (Å²) < 4.78 is 0. The molecule has 1 aromatic heterocycles. The van der Waals surface area contributed by atoms with Crippen LogP contribution in [0.25, 0.3) is 0 Å². The smallest absolute Gasteiger partial charge is 0.279 e. The fraction of sp³-hybridized carbons (Fsp3) is 0.0952. The first-order valence-electron chi connectivity index (χ1n) is 8.67. The van der Waals surface area contributed by atoms with E-state index in [1.807, 2.05) is 36.4 Å². The fourth-order valence-corrected chi connectivity index (χ4v) is 3.22. The molecular formula is C21H19N3O3S. The van der Waals surface area contributed by atoms with Crippen LogP contribution in [0.5, 0.6) is 0 Å². The Balaban J connectivity index is 1.64. The monoisotopic (exact) mass is 393 g/mol. The van der Waals surface area contributed by atoms with E-state index in [0.717, 1.165) is 5.56 Å². The largest absolute Gasteiger partial charge is 0.345 e. The third kappa shape index (κ3) is 5.28. The van der Waals surface area contributed by atoms with Crippen molar-refractivity contribution in [3.63, 3.8) is 0 Å².